The minimum absolute atomic E-state index is 0.00264. The van der Waals surface area contributed by atoms with E-state index in [1.54, 1.807) is 0 Å². The first-order chi connectivity index (χ1) is 7.13. The maximum Gasteiger partial charge on any atom is 0.249 e. The summed E-state index contributed by atoms with van der Waals surface area (Å²) in [4.78, 5) is 11.6. The summed E-state index contributed by atoms with van der Waals surface area (Å²) in [5.74, 6) is 0.00264. The predicted octanol–water partition coefficient (Wildman–Crippen LogP) is 0.668. The van der Waals surface area contributed by atoms with Crippen LogP contribution in [0.25, 0.3) is 0 Å². The molecule has 4 heteroatoms. The predicted molar refractivity (Wildman–Crippen MR) is 59.7 cm³/mol. The summed E-state index contributed by atoms with van der Waals surface area (Å²) in [5.41, 5.74) is 0. The van der Waals surface area contributed by atoms with Crippen LogP contribution in [0.3, 0.4) is 0 Å². The van der Waals surface area contributed by atoms with Gasteiger partial charge < -0.3 is 15.4 Å². The average Bonchev–Trinajstić information content (AvgIpc) is 2.11. The molecule has 1 aliphatic heterocycles. The molecular formula is C11H22N2O2. The van der Waals surface area contributed by atoms with Gasteiger partial charge in [-0.2, -0.15) is 0 Å². The van der Waals surface area contributed by atoms with E-state index in [-0.39, 0.29) is 24.2 Å². The van der Waals surface area contributed by atoms with Crippen molar-refractivity contribution >= 4 is 5.91 Å². The van der Waals surface area contributed by atoms with Gasteiger partial charge in [0.2, 0.25) is 5.91 Å². The number of hydrogen-bond acceptors (Lipinski definition) is 3. The number of nitrogens with one attached hydrogen (secondary N) is 2. The Labute approximate surface area is 91.8 Å². The van der Waals surface area contributed by atoms with E-state index < -0.39 is 0 Å². The van der Waals surface area contributed by atoms with Crippen molar-refractivity contribution in [1.29, 1.82) is 0 Å². The molecule has 1 aliphatic rings. The van der Waals surface area contributed by atoms with E-state index in [0.717, 1.165) is 25.9 Å². The maximum atomic E-state index is 11.6. The summed E-state index contributed by atoms with van der Waals surface area (Å²) in [6.07, 6.45) is 1.98. The van der Waals surface area contributed by atoms with E-state index in [4.69, 9.17) is 4.74 Å². The standard InChI is InChI=1S/C11H22N2O2/c1-4-5-8(2)13-11(14)9(3)15-10-6-12-7-10/h8-10,12H,4-7H2,1-3H3,(H,13,14). The van der Waals surface area contributed by atoms with E-state index in [9.17, 15) is 4.79 Å². The lowest BCUT2D eigenvalue weighted by Crippen LogP contribution is -2.52. The number of carbonyl (C=O) groups excluding carboxylic acids is 1. The van der Waals surface area contributed by atoms with Crippen LogP contribution in [0.5, 0.6) is 0 Å². The molecule has 2 N–H and O–H groups in total. The molecule has 1 heterocycles. The van der Waals surface area contributed by atoms with Crippen LogP contribution in [-0.4, -0.2) is 37.2 Å². The summed E-state index contributed by atoms with van der Waals surface area (Å²) < 4.78 is 5.55. The van der Waals surface area contributed by atoms with Gasteiger partial charge in [-0.3, -0.25) is 4.79 Å². The van der Waals surface area contributed by atoms with Crippen molar-refractivity contribution < 1.29 is 9.53 Å². The van der Waals surface area contributed by atoms with Gasteiger partial charge in [0.05, 0.1) is 6.10 Å². The van der Waals surface area contributed by atoms with Gasteiger partial charge in [-0.15, -0.1) is 0 Å². The molecular weight excluding hydrogens is 192 g/mol. The second-order valence-corrected chi connectivity index (χ2v) is 4.26. The normalized spacial score (nSPS) is 20.5. The first-order valence-corrected chi connectivity index (χ1v) is 5.80. The van der Waals surface area contributed by atoms with Crippen molar-refractivity contribution in [3.05, 3.63) is 0 Å². The first-order valence-electron chi connectivity index (χ1n) is 5.80. The molecule has 0 spiro atoms. The van der Waals surface area contributed by atoms with Crippen molar-refractivity contribution in [2.45, 2.75) is 51.9 Å². The molecule has 0 aromatic heterocycles. The van der Waals surface area contributed by atoms with Crippen molar-refractivity contribution in [2.24, 2.45) is 0 Å². The van der Waals surface area contributed by atoms with Crippen molar-refractivity contribution in [2.75, 3.05) is 13.1 Å². The Morgan fingerprint density at radius 2 is 2.20 bits per heavy atom. The fourth-order valence-electron chi connectivity index (χ4n) is 1.57. The van der Waals surface area contributed by atoms with Gasteiger partial charge in [0, 0.05) is 19.1 Å². The second kappa shape index (κ2) is 6.08. The highest BCUT2D eigenvalue weighted by atomic mass is 16.5. The fourth-order valence-corrected chi connectivity index (χ4v) is 1.57. The minimum atomic E-state index is -0.337. The summed E-state index contributed by atoms with van der Waals surface area (Å²) in [7, 11) is 0. The molecule has 15 heavy (non-hydrogen) atoms. The lowest BCUT2D eigenvalue weighted by atomic mass is 10.2. The molecule has 0 bridgehead atoms. The Bertz CT molecular complexity index is 205. The highest BCUT2D eigenvalue weighted by Crippen LogP contribution is 2.04. The van der Waals surface area contributed by atoms with Crippen molar-refractivity contribution in [3.8, 4) is 0 Å². The van der Waals surface area contributed by atoms with Crippen LogP contribution in [0.15, 0.2) is 0 Å². The summed E-state index contributed by atoms with van der Waals surface area (Å²) in [5, 5.41) is 6.06. The van der Waals surface area contributed by atoms with Gasteiger partial charge in [0.15, 0.2) is 0 Å². The van der Waals surface area contributed by atoms with Crippen LogP contribution in [0, 0.1) is 0 Å². The Balaban J connectivity index is 2.19. The van der Waals surface area contributed by atoms with Gasteiger partial charge >= 0.3 is 0 Å². The topological polar surface area (TPSA) is 50.4 Å². The molecule has 0 radical (unpaired) electrons. The van der Waals surface area contributed by atoms with Crippen LogP contribution >= 0.6 is 0 Å². The third-order valence-electron chi connectivity index (χ3n) is 2.62. The second-order valence-electron chi connectivity index (χ2n) is 4.26. The third kappa shape index (κ3) is 4.18. The molecule has 4 nitrogen and oxygen atoms in total. The SMILES string of the molecule is CCCC(C)NC(=O)C(C)OC1CNC1. The van der Waals surface area contributed by atoms with E-state index >= 15 is 0 Å². The molecule has 88 valence electrons. The van der Waals surface area contributed by atoms with E-state index in [1.165, 1.54) is 0 Å². The molecule has 1 fully saturated rings. The molecule has 1 amide bonds. The number of ether oxygens (including phenoxy) is 1. The average molecular weight is 214 g/mol. The molecule has 1 saturated heterocycles. The Morgan fingerprint density at radius 1 is 1.53 bits per heavy atom. The largest absolute Gasteiger partial charge is 0.363 e. The number of rotatable bonds is 6. The molecule has 0 aromatic carbocycles. The first kappa shape index (κ1) is 12.5. The Hall–Kier alpha value is -0.610. The van der Waals surface area contributed by atoms with Crippen LogP contribution < -0.4 is 10.6 Å². The summed E-state index contributed by atoms with van der Waals surface area (Å²) >= 11 is 0. The zero-order valence-corrected chi connectivity index (χ0v) is 9.88. The number of carbonyl (C=O) groups is 1. The van der Waals surface area contributed by atoms with Crippen LogP contribution in [0.4, 0.5) is 0 Å². The molecule has 2 atom stereocenters. The third-order valence-corrected chi connectivity index (χ3v) is 2.62. The van der Waals surface area contributed by atoms with Gasteiger partial charge in [-0.25, -0.2) is 0 Å². The smallest absolute Gasteiger partial charge is 0.249 e. The van der Waals surface area contributed by atoms with Crippen LogP contribution in [-0.2, 0) is 9.53 Å². The monoisotopic (exact) mass is 214 g/mol. The van der Waals surface area contributed by atoms with Crippen LogP contribution in [0.1, 0.15) is 33.6 Å². The molecule has 0 saturated carbocycles. The van der Waals surface area contributed by atoms with Gasteiger partial charge in [-0.1, -0.05) is 13.3 Å². The van der Waals surface area contributed by atoms with Gasteiger partial charge in [-0.05, 0) is 20.3 Å². The molecule has 1 rings (SSSR count). The number of hydrogen-bond donors (Lipinski definition) is 2. The van der Waals surface area contributed by atoms with E-state index in [2.05, 4.69) is 17.6 Å². The summed E-state index contributed by atoms with van der Waals surface area (Å²) in [6, 6.07) is 0.244. The number of amides is 1. The van der Waals surface area contributed by atoms with Crippen molar-refractivity contribution in [3.63, 3.8) is 0 Å². The lowest BCUT2D eigenvalue weighted by Gasteiger charge is -2.30. The lowest BCUT2D eigenvalue weighted by molar-refractivity contribution is -0.137. The van der Waals surface area contributed by atoms with E-state index in [0.29, 0.717) is 0 Å². The summed E-state index contributed by atoms with van der Waals surface area (Å²) in [6.45, 7) is 7.68. The quantitative estimate of drug-likeness (QED) is 0.683. The van der Waals surface area contributed by atoms with Gasteiger partial charge in [0.25, 0.3) is 0 Å². The Kier molecular flexibility index (Phi) is 5.05. The van der Waals surface area contributed by atoms with Crippen molar-refractivity contribution in [1.82, 2.24) is 10.6 Å². The Morgan fingerprint density at radius 3 is 2.67 bits per heavy atom. The molecule has 2 unspecified atom stereocenters. The van der Waals surface area contributed by atoms with E-state index in [1.807, 2.05) is 13.8 Å². The zero-order valence-electron chi connectivity index (χ0n) is 9.88. The molecule has 0 aliphatic carbocycles. The fraction of sp³-hybridized carbons (Fsp3) is 0.909. The maximum absolute atomic E-state index is 11.6. The highest BCUT2D eigenvalue weighted by Gasteiger charge is 2.23. The van der Waals surface area contributed by atoms with Gasteiger partial charge in [0.1, 0.15) is 6.10 Å². The van der Waals surface area contributed by atoms with Crippen LogP contribution in [0.2, 0.25) is 0 Å². The zero-order chi connectivity index (χ0) is 11.3. The minimum Gasteiger partial charge on any atom is -0.363 e. The molecule has 0 aromatic rings. The highest BCUT2D eigenvalue weighted by molar-refractivity contribution is 5.80.